The maximum absolute atomic E-state index is 12.6. The maximum Gasteiger partial charge on any atom is 0.266 e. The van der Waals surface area contributed by atoms with Gasteiger partial charge >= 0.3 is 0 Å². The van der Waals surface area contributed by atoms with Crippen molar-refractivity contribution in [2.24, 2.45) is 4.99 Å². The van der Waals surface area contributed by atoms with Crippen LogP contribution in [0.3, 0.4) is 0 Å². The summed E-state index contributed by atoms with van der Waals surface area (Å²) in [4.78, 5) is 19.4. The molecule has 0 aromatic heterocycles. The number of amides is 1. The average molecular weight is 488 g/mol. The second kappa shape index (κ2) is 9.64. The summed E-state index contributed by atoms with van der Waals surface area (Å²) in [7, 11) is 1.63. The van der Waals surface area contributed by atoms with Crippen molar-refractivity contribution in [2.75, 3.05) is 20.2 Å². The highest BCUT2D eigenvalue weighted by Crippen LogP contribution is 2.37. The van der Waals surface area contributed by atoms with E-state index in [0.717, 1.165) is 26.5 Å². The zero-order chi connectivity index (χ0) is 19.3. The largest absolute Gasteiger partial charge is 0.493 e. The number of likely N-dealkylation sites (N-methyl/N-ethyl adjacent to an activating group) is 1. The fourth-order valence-corrected chi connectivity index (χ4v) is 4.27. The Bertz CT molecular complexity index is 734. The summed E-state index contributed by atoms with van der Waals surface area (Å²) in [5.41, 5.74) is 0.910. The minimum atomic E-state index is -0.00129. The molecular weight excluding hydrogens is 463 g/mol. The van der Waals surface area contributed by atoms with Crippen LogP contribution in [0.15, 0.2) is 22.0 Å². The molecule has 0 saturated carbocycles. The van der Waals surface area contributed by atoms with Gasteiger partial charge in [-0.25, -0.2) is 0 Å². The lowest BCUT2D eigenvalue weighted by atomic mass is 10.1. The lowest BCUT2D eigenvalue weighted by Gasteiger charge is -2.17. The molecule has 142 valence electrons. The van der Waals surface area contributed by atoms with Gasteiger partial charge in [-0.05, 0) is 85.3 Å². The van der Waals surface area contributed by atoms with E-state index in [1.54, 1.807) is 12.0 Å². The predicted octanol–water partition coefficient (Wildman–Crippen LogP) is 4.79. The van der Waals surface area contributed by atoms with Crippen molar-refractivity contribution in [1.29, 1.82) is 0 Å². The molecule has 1 fully saturated rings. The minimum Gasteiger partial charge on any atom is -0.493 e. The van der Waals surface area contributed by atoms with Gasteiger partial charge in [0.1, 0.15) is 0 Å². The fraction of sp³-hybridized carbons (Fsp3) is 0.474. The molecule has 0 aliphatic carbocycles. The van der Waals surface area contributed by atoms with Crippen LogP contribution in [-0.4, -0.2) is 42.3 Å². The Morgan fingerprint density at radius 3 is 2.65 bits per heavy atom. The van der Waals surface area contributed by atoms with Gasteiger partial charge in [-0.1, -0.05) is 6.92 Å². The van der Waals surface area contributed by atoms with Gasteiger partial charge in [0.25, 0.3) is 5.91 Å². The number of benzene rings is 1. The van der Waals surface area contributed by atoms with E-state index in [-0.39, 0.29) is 12.0 Å². The quantitative estimate of drug-likeness (QED) is 0.409. The first-order valence-electron chi connectivity index (χ1n) is 8.75. The molecule has 0 N–H and O–H groups in total. The Kier molecular flexibility index (Phi) is 7.82. The van der Waals surface area contributed by atoms with Gasteiger partial charge in [0.05, 0.1) is 21.7 Å². The molecular formula is C19H25IN2O3S. The molecule has 1 aliphatic heterocycles. The SMILES string of the molecule is CCN=C1S/C(=C/c2cc(I)c(O[C@@H](C)CC)c(OC)c2)C(=O)N1CC. The van der Waals surface area contributed by atoms with Gasteiger partial charge in [0.2, 0.25) is 0 Å². The number of thioether (sulfide) groups is 1. The van der Waals surface area contributed by atoms with E-state index in [1.165, 1.54) is 11.8 Å². The number of methoxy groups -OCH3 is 1. The summed E-state index contributed by atoms with van der Waals surface area (Å²) in [6.07, 6.45) is 2.92. The second-order valence-corrected chi connectivity index (χ2v) is 7.96. The van der Waals surface area contributed by atoms with Crippen molar-refractivity contribution < 1.29 is 14.3 Å². The molecule has 1 amide bonds. The van der Waals surface area contributed by atoms with E-state index in [9.17, 15) is 4.79 Å². The number of carbonyl (C=O) groups excluding carboxylic acids is 1. The first-order chi connectivity index (χ1) is 12.4. The number of aliphatic imine (C=N–C) groups is 1. The lowest BCUT2D eigenvalue weighted by Crippen LogP contribution is -2.28. The van der Waals surface area contributed by atoms with Crippen LogP contribution in [0.25, 0.3) is 6.08 Å². The van der Waals surface area contributed by atoms with E-state index in [0.29, 0.717) is 23.7 Å². The van der Waals surface area contributed by atoms with Crippen LogP contribution in [0, 0.1) is 3.57 Å². The van der Waals surface area contributed by atoms with Crippen LogP contribution >= 0.6 is 34.4 Å². The van der Waals surface area contributed by atoms with E-state index < -0.39 is 0 Å². The zero-order valence-corrected chi connectivity index (χ0v) is 18.8. The molecule has 0 bridgehead atoms. The smallest absolute Gasteiger partial charge is 0.266 e. The Morgan fingerprint density at radius 1 is 1.35 bits per heavy atom. The topological polar surface area (TPSA) is 51.1 Å². The van der Waals surface area contributed by atoms with Crippen molar-refractivity contribution in [3.8, 4) is 11.5 Å². The summed E-state index contributed by atoms with van der Waals surface area (Å²) in [5.74, 6) is 1.42. The van der Waals surface area contributed by atoms with Crippen LogP contribution in [-0.2, 0) is 4.79 Å². The lowest BCUT2D eigenvalue weighted by molar-refractivity contribution is -0.122. The molecule has 1 saturated heterocycles. The van der Waals surface area contributed by atoms with Gasteiger partial charge in [-0.2, -0.15) is 0 Å². The van der Waals surface area contributed by atoms with Gasteiger partial charge < -0.3 is 9.47 Å². The monoisotopic (exact) mass is 488 g/mol. The highest BCUT2D eigenvalue weighted by Gasteiger charge is 2.31. The number of halogens is 1. The van der Waals surface area contributed by atoms with E-state index in [2.05, 4.69) is 34.5 Å². The molecule has 5 nitrogen and oxygen atoms in total. The average Bonchev–Trinajstić information content (AvgIpc) is 2.91. The molecule has 0 radical (unpaired) electrons. The molecule has 26 heavy (non-hydrogen) atoms. The third-order valence-corrected chi connectivity index (χ3v) is 5.79. The second-order valence-electron chi connectivity index (χ2n) is 5.79. The number of hydrogen-bond acceptors (Lipinski definition) is 5. The Hall–Kier alpha value is -1.22. The van der Waals surface area contributed by atoms with Crippen molar-refractivity contribution in [2.45, 2.75) is 40.2 Å². The third kappa shape index (κ3) is 4.73. The molecule has 0 unspecified atom stereocenters. The van der Waals surface area contributed by atoms with Gasteiger partial charge in [0, 0.05) is 13.1 Å². The Balaban J connectivity index is 2.38. The summed E-state index contributed by atoms with van der Waals surface area (Å²) in [5, 5.41) is 0.768. The van der Waals surface area contributed by atoms with Gasteiger partial charge in [0.15, 0.2) is 16.7 Å². The van der Waals surface area contributed by atoms with Crippen molar-refractivity contribution in [3.05, 3.63) is 26.2 Å². The summed E-state index contributed by atoms with van der Waals surface area (Å²) in [6.45, 7) is 9.32. The number of rotatable bonds is 7. The van der Waals surface area contributed by atoms with Crippen LogP contribution in [0.2, 0.25) is 0 Å². The zero-order valence-electron chi connectivity index (χ0n) is 15.8. The standard InChI is InChI=1S/C19H25IN2O3S/c1-6-12(4)25-17-14(20)9-13(10-15(17)24-5)11-16-18(23)22(8-3)19(26-16)21-7-2/h9-12H,6-8H2,1-5H3/b16-11+,21-19?/t12-/m0/s1. The van der Waals surface area contributed by atoms with Crippen molar-refractivity contribution >= 4 is 51.5 Å². The summed E-state index contributed by atoms with van der Waals surface area (Å²) in [6, 6.07) is 3.92. The van der Waals surface area contributed by atoms with E-state index in [1.807, 2.05) is 39.0 Å². The van der Waals surface area contributed by atoms with E-state index in [4.69, 9.17) is 9.47 Å². The van der Waals surface area contributed by atoms with Gasteiger partial charge in [-0.3, -0.25) is 14.7 Å². The molecule has 0 spiro atoms. The Labute approximate surface area is 173 Å². The van der Waals surface area contributed by atoms with Gasteiger partial charge in [-0.15, -0.1) is 0 Å². The molecule has 1 aromatic rings. The van der Waals surface area contributed by atoms with Crippen LogP contribution in [0.4, 0.5) is 0 Å². The van der Waals surface area contributed by atoms with Crippen LogP contribution in [0.1, 0.15) is 39.7 Å². The third-order valence-electron chi connectivity index (χ3n) is 3.94. The van der Waals surface area contributed by atoms with Crippen LogP contribution < -0.4 is 9.47 Å². The molecule has 7 heteroatoms. The van der Waals surface area contributed by atoms with Crippen molar-refractivity contribution in [3.63, 3.8) is 0 Å². The predicted molar refractivity (Wildman–Crippen MR) is 117 cm³/mol. The number of nitrogens with zero attached hydrogens (tertiary/aromatic N) is 2. The molecule has 1 aliphatic rings. The molecule has 1 atom stereocenters. The fourth-order valence-electron chi connectivity index (χ4n) is 2.41. The number of carbonyl (C=O) groups is 1. The Morgan fingerprint density at radius 2 is 2.08 bits per heavy atom. The number of ether oxygens (including phenoxy) is 2. The first-order valence-corrected chi connectivity index (χ1v) is 10.6. The summed E-state index contributed by atoms with van der Waals surface area (Å²) >= 11 is 3.67. The maximum atomic E-state index is 12.6. The molecule has 1 heterocycles. The first kappa shape index (κ1) is 21.1. The highest BCUT2D eigenvalue weighted by atomic mass is 127. The normalized spacial score (nSPS) is 18.7. The van der Waals surface area contributed by atoms with E-state index >= 15 is 0 Å². The summed E-state index contributed by atoms with van der Waals surface area (Å²) < 4.78 is 12.5. The minimum absolute atomic E-state index is 0.00129. The highest BCUT2D eigenvalue weighted by molar-refractivity contribution is 14.1. The van der Waals surface area contributed by atoms with Crippen LogP contribution in [0.5, 0.6) is 11.5 Å². The molecule has 1 aromatic carbocycles. The molecule has 2 rings (SSSR count). The number of amidine groups is 1. The van der Waals surface area contributed by atoms with Crippen molar-refractivity contribution in [1.82, 2.24) is 4.90 Å². The number of hydrogen-bond donors (Lipinski definition) is 0.